The van der Waals surface area contributed by atoms with E-state index in [1.807, 2.05) is 6.26 Å². The van der Waals surface area contributed by atoms with Crippen LogP contribution in [0.4, 0.5) is 20.6 Å². The predicted molar refractivity (Wildman–Crippen MR) is 118 cm³/mol. The van der Waals surface area contributed by atoms with Crippen molar-refractivity contribution in [3.05, 3.63) is 48.3 Å². The van der Waals surface area contributed by atoms with Gasteiger partial charge in [-0.25, -0.2) is 17.6 Å². The molecule has 0 aliphatic rings. The molecule has 0 aliphatic heterocycles. The summed E-state index contributed by atoms with van der Waals surface area (Å²) in [5.74, 6) is -0.256. The fourth-order valence-corrected chi connectivity index (χ4v) is 4.12. The van der Waals surface area contributed by atoms with Crippen LogP contribution in [-0.4, -0.2) is 45.5 Å². The molecule has 0 fully saturated rings. The van der Waals surface area contributed by atoms with Crippen LogP contribution in [0.5, 0.6) is 5.75 Å². The van der Waals surface area contributed by atoms with Gasteiger partial charge in [0.15, 0.2) is 0 Å². The van der Waals surface area contributed by atoms with Crippen molar-refractivity contribution < 1.29 is 27.1 Å². The Morgan fingerprint density at radius 2 is 1.87 bits per heavy atom. The summed E-state index contributed by atoms with van der Waals surface area (Å²) in [5, 5.41) is 5.01. The van der Waals surface area contributed by atoms with Gasteiger partial charge in [0.1, 0.15) is 17.6 Å². The number of carbonyl (C=O) groups excluding carboxylic acids is 2. The molecule has 0 aromatic heterocycles. The van der Waals surface area contributed by atoms with Gasteiger partial charge in [0.25, 0.3) is 10.0 Å². The monoisotopic (exact) mass is 470 g/mol. The zero-order valence-electron chi connectivity index (χ0n) is 16.8. The number of urea groups is 1. The zero-order chi connectivity index (χ0) is 23.0. The number of primary amides is 1. The number of thioether (sulfide) groups is 1. The van der Waals surface area contributed by atoms with Crippen molar-refractivity contribution in [1.29, 1.82) is 0 Å². The zero-order valence-corrected chi connectivity index (χ0v) is 18.5. The highest BCUT2D eigenvalue weighted by Crippen LogP contribution is 2.30. The van der Waals surface area contributed by atoms with Crippen molar-refractivity contribution in [1.82, 2.24) is 5.32 Å². The molecule has 5 N–H and O–H groups in total. The first-order valence-electron chi connectivity index (χ1n) is 8.98. The standard InChI is InChI=1S/C19H23FN4O5S2/c1-29-17-8-5-13(22-18(25)15(9-10-30-2)23-19(21)26)11-16(17)24-31(27,28)14-6-3-12(20)4-7-14/h3-8,11,15,24H,9-10H2,1-2H3,(H,22,25)(H3,21,23,26)/t15-/m1/s1. The first kappa shape index (κ1) is 24.3. The Labute approximate surface area is 184 Å². The van der Waals surface area contributed by atoms with E-state index in [2.05, 4.69) is 15.4 Å². The number of nitrogens with one attached hydrogen (secondary N) is 3. The van der Waals surface area contributed by atoms with Gasteiger partial charge >= 0.3 is 6.03 Å². The van der Waals surface area contributed by atoms with Gasteiger partial charge in [0, 0.05) is 5.69 Å². The topological polar surface area (TPSA) is 140 Å². The van der Waals surface area contributed by atoms with E-state index in [1.165, 1.54) is 37.1 Å². The van der Waals surface area contributed by atoms with Gasteiger partial charge in [-0.15, -0.1) is 0 Å². The van der Waals surface area contributed by atoms with Gasteiger partial charge < -0.3 is 21.1 Å². The van der Waals surface area contributed by atoms with Crippen molar-refractivity contribution in [2.75, 3.05) is 29.2 Å². The molecule has 31 heavy (non-hydrogen) atoms. The van der Waals surface area contributed by atoms with Crippen LogP contribution in [0.3, 0.4) is 0 Å². The lowest BCUT2D eigenvalue weighted by atomic mass is 10.2. The molecule has 0 saturated heterocycles. The lowest BCUT2D eigenvalue weighted by molar-refractivity contribution is -0.117. The van der Waals surface area contributed by atoms with Crippen LogP contribution in [0, 0.1) is 5.82 Å². The molecule has 0 aliphatic carbocycles. The maximum absolute atomic E-state index is 13.1. The fraction of sp³-hybridized carbons (Fsp3) is 0.263. The molecule has 0 spiro atoms. The van der Waals surface area contributed by atoms with Gasteiger partial charge in [0.2, 0.25) is 5.91 Å². The SMILES string of the molecule is COc1ccc(NC(=O)[C@@H](CCSC)NC(N)=O)cc1NS(=O)(=O)c1ccc(F)cc1. The molecular weight excluding hydrogens is 447 g/mol. The largest absolute Gasteiger partial charge is 0.495 e. The molecule has 0 unspecified atom stereocenters. The summed E-state index contributed by atoms with van der Waals surface area (Å²) in [4.78, 5) is 23.6. The number of hydrogen-bond acceptors (Lipinski definition) is 6. The van der Waals surface area contributed by atoms with E-state index in [9.17, 15) is 22.4 Å². The van der Waals surface area contributed by atoms with E-state index in [-0.39, 0.29) is 22.0 Å². The van der Waals surface area contributed by atoms with E-state index < -0.39 is 33.8 Å². The Kier molecular flexibility index (Phi) is 8.51. The van der Waals surface area contributed by atoms with E-state index in [4.69, 9.17) is 10.5 Å². The summed E-state index contributed by atoms with van der Waals surface area (Å²) >= 11 is 1.50. The van der Waals surface area contributed by atoms with E-state index in [0.29, 0.717) is 12.2 Å². The minimum atomic E-state index is -4.04. The second-order valence-electron chi connectivity index (χ2n) is 6.31. The second kappa shape index (κ2) is 10.9. The van der Waals surface area contributed by atoms with Crippen molar-refractivity contribution in [2.45, 2.75) is 17.4 Å². The Morgan fingerprint density at radius 1 is 1.19 bits per heavy atom. The second-order valence-corrected chi connectivity index (χ2v) is 8.97. The van der Waals surface area contributed by atoms with Crippen LogP contribution >= 0.6 is 11.8 Å². The Morgan fingerprint density at radius 3 is 2.45 bits per heavy atom. The minimum absolute atomic E-state index is 0.0631. The summed E-state index contributed by atoms with van der Waals surface area (Å²) in [6.07, 6.45) is 2.22. The third-order valence-electron chi connectivity index (χ3n) is 4.08. The van der Waals surface area contributed by atoms with Crippen LogP contribution in [0.15, 0.2) is 47.4 Å². The molecular formula is C19H23FN4O5S2. The summed E-state index contributed by atoms with van der Waals surface area (Å²) in [6.45, 7) is 0. The molecule has 9 nitrogen and oxygen atoms in total. The number of halogens is 1. The normalized spacial score (nSPS) is 12.0. The minimum Gasteiger partial charge on any atom is -0.495 e. The molecule has 0 saturated carbocycles. The molecule has 0 bridgehead atoms. The molecule has 12 heteroatoms. The predicted octanol–water partition coefficient (Wildman–Crippen LogP) is 2.36. The highest BCUT2D eigenvalue weighted by Gasteiger charge is 2.21. The van der Waals surface area contributed by atoms with Crippen LogP contribution in [0.1, 0.15) is 6.42 Å². The number of rotatable bonds is 10. The summed E-state index contributed by atoms with van der Waals surface area (Å²) in [7, 11) is -2.68. The number of ether oxygens (including phenoxy) is 1. The van der Waals surface area contributed by atoms with E-state index >= 15 is 0 Å². The highest BCUT2D eigenvalue weighted by molar-refractivity contribution is 7.98. The number of benzene rings is 2. The number of methoxy groups -OCH3 is 1. The van der Waals surface area contributed by atoms with Crippen LogP contribution < -0.4 is 25.8 Å². The number of sulfonamides is 1. The van der Waals surface area contributed by atoms with Gasteiger partial charge in [-0.2, -0.15) is 11.8 Å². The molecule has 0 heterocycles. The van der Waals surface area contributed by atoms with Crippen LogP contribution in [0.2, 0.25) is 0 Å². The molecule has 2 aromatic rings. The Balaban J connectivity index is 2.25. The summed E-state index contributed by atoms with van der Waals surface area (Å²) < 4.78 is 45.9. The molecule has 1 atom stereocenters. The van der Waals surface area contributed by atoms with Gasteiger partial charge in [0.05, 0.1) is 17.7 Å². The lowest BCUT2D eigenvalue weighted by Crippen LogP contribution is -2.46. The van der Waals surface area contributed by atoms with E-state index in [1.54, 1.807) is 0 Å². The van der Waals surface area contributed by atoms with Crippen LogP contribution in [-0.2, 0) is 14.8 Å². The molecule has 2 aromatic carbocycles. The fourth-order valence-electron chi connectivity index (χ4n) is 2.59. The average molecular weight is 471 g/mol. The number of amides is 3. The quantitative estimate of drug-likeness (QED) is 0.420. The van der Waals surface area contributed by atoms with Gasteiger partial charge in [-0.3, -0.25) is 9.52 Å². The summed E-state index contributed by atoms with van der Waals surface area (Å²) in [6, 6.07) is 6.98. The highest BCUT2D eigenvalue weighted by atomic mass is 32.2. The molecule has 2 rings (SSSR count). The van der Waals surface area contributed by atoms with Gasteiger partial charge in [-0.1, -0.05) is 0 Å². The van der Waals surface area contributed by atoms with Gasteiger partial charge in [-0.05, 0) is 60.9 Å². The number of carbonyl (C=O) groups is 2. The number of hydrogen-bond donors (Lipinski definition) is 4. The third kappa shape index (κ3) is 7.03. The number of nitrogens with two attached hydrogens (primary N) is 1. The smallest absolute Gasteiger partial charge is 0.312 e. The maximum atomic E-state index is 13.1. The lowest BCUT2D eigenvalue weighted by Gasteiger charge is -2.18. The summed E-state index contributed by atoms with van der Waals surface area (Å²) in [5.41, 5.74) is 5.47. The Bertz CT molecular complexity index is 1030. The molecule has 3 amide bonds. The maximum Gasteiger partial charge on any atom is 0.312 e. The van der Waals surface area contributed by atoms with Crippen molar-refractivity contribution >= 4 is 45.1 Å². The van der Waals surface area contributed by atoms with Crippen LogP contribution in [0.25, 0.3) is 0 Å². The Hall–Kier alpha value is -2.99. The number of anilines is 2. The molecule has 0 radical (unpaired) electrons. The van der Waals surface area contributed by atoms with Crippen molar-refractivity contribution in [3.8, 4) is 5.75 Å². The molecule has 168 valence electrons. The van der Waals surface area contributed by atoms with E-state index in [0.717, 1.165) is 24.3 Å². The van der Waals surface area contributed by atoms with Crippen molar-refractivity contribution in [2.24, 2.45) is 5.73 Å². The average Bonchev–Trinajstić information content (AvgIpc) is 2.71. The first-order valence-corrected chi connectivity index (χ1v) is 11.9. The van der Waals surface area contributed by atoms with Crippen molar-refractivity contribution in [3.63, 3.8) is 0 Å². The first-order chi connectivity index (χ1) is 14.7. The third-order valence-corrected chi connectivity index (χ3v) is 6.10.